The van der Waals surface area contributed by atoms with Gasteiger partial charge in [0, 0.05) is 24.9 Å². The van der Waals surface area contributed by atoms with Crippen LogP contribution in [0, 0.1) is 0 Å². The zero-order valence-electron chi connectivity index (χ0n) is 13.3. The molecule has 0 spiro atoms. The maximum absolute atomic E-state index is 12.7. The molecule has 0 unspecified atom stereocenters. The van der Waals surface area contributed by atoms with Gasteiger partial charge in [0.2, 0.25) is 5.91 Å². The van der Waals surface area contributed by atoms with Gasteiger partial charge in [0.05, 0.1) is 17.5 Å². The highest BCUT2D eigenvalue weighted by atomic mass is 16.3. The number of amides is 2. The lowest BCUT2D eigenvalue weighted by Gasteiger charge is -2.12. The number of rotatable bonds is 2. The van der Waals surface area contributed by atoms with Gasteiger partial charge in [-0.25, -0.2) is 9.88 Å². The van der Waals surface area contributed by atoms with E-state index in [0.29, 0.717) is 11.3 Å². The van der Waals surface area contributed by atoms with Crippen LogP contribution in [0.4, 0.5) is 5.69 Å². The third kappa shape index (κ3) is 2.38. The normalized spacial score (nSPS) is 15.2. The summed E-state index contributed by atoms with van der Waals surface area (Å²) in [5, 5.41) is 10.6. The number of aliphatic hydroxyl groups excluding tert-OH is 1. The zero-order valence-corrected chi connectivity index (χ0v) is 13.3. The van der Waals surface area contributed by atoms with Crippen molar-refractivity contribution >= 4 is 34.4 Å². The van der Waals surface area contributed by atoms with Gasteiger partial charge in [-0.3, -0.25) is 14.6 Å². The van der Waals surface area contributed by atoms with Gasteiger partial charge in [-0.1, -0.05) is 18.2 Å². The Labute approximate surface area is 138 Å². The maximum atomic E-state index is 12.7. The highest BCUT2D eigenvalue weighted by Crippen LogP contribution is 2.41. The van der Waals surface area contributed by atoms with Crippen LogP contribution in [-0.2, 0) is 9.59 Å². The van der Waals surface area contributed by atoms with Crippen LogP contribution in [0.2, 0.25) is 0 Å². The first-order valence-electron chi connectivity index (χ1n) is 7.26. The summed E-state index contributed by atoms with van der Waals surface area (Å²) >= 11 is 0. The van der Waals surface area contributed by atoms with E-state index < -0.39 is 11.8 Å². The van der Waals surface area contributed by atoms with Crippen molar-refractivity contribution in [2.24, 2.45) is 0 Å². The second-order valence-corrected chi connectivity index (χ2v) is 5.49. The zero-order chi connectivity index (χ0) is 17.4. The lowest BCUT2D eigenvalue weighted by atomic mass is 9.99. The van der Waals surface area contributed by atoms with Crippen molar-refractivity contribution in [1.82, 2.24) is 9.97 Å². The van der Waals surface area contributed by atoms with Crippen LogP contribution in [-0.4, -0.2) is 26.9 Å². The predicted molar refractivity (Wildman–Crippen MR) is 90.8 cm³/mol. The minimum Gasteiger partial charge on any atom is -0.505 e. The highest BCUT2D eigenvalue weighted by Gasteiger charge is 2.38. The topological polar surface area (TPSA) is 83.4 Å². The Balaban J connectivity index is 2.29. The number of fused-ring (bicyclic) bond motifs is 1. The number of aliphatic hydroxyl groups is 1. The molecule has 2 heterocycles. The molecule has 1 aliphatic rings. The molecule has 6 nitrogen and oxygen atoms in total. The van der Waals surface area contributed by atoms with E-state index in [2.05, 4.69) is 16.5 Å². The van der Waals surface area contributed by atoms with Crippen LogP contribution in [0.3, 0.4) is 0 Å². The first-order valence-corrected chi connectivity index (χ1v) is 7.26. The average molecular weight is 321 g/mol. The molecule has 1 aliphatic heterocycles. The first kappa shape index (κ1) is 15.6. The van der Waals surface area contributed by atoms with Crippen molar-refractivity contribution in [1.29, 1.82) is 0 Å². The van der Waals surface area contributed by atoms with E-state index in [0.717, 1.165) is 16.0 Å². The lowest BCUT2D eigenvalue weighted by Crippen LogP contribution is -2.31. The van der Waals surface area contributed by atoms with Gasteiger partial charge < -0.3 is 5.11 Å². The second-order valence-electron chi connectivity index (χ2n) is 5.49. The number of carbonyl (C=O) groups excluding carboxylic acids is 2. The van der Waals surface area contributed by atoms with Gasteiger partial charge in [0.25, 0.3) is 5.91 Å². The number of anilines is 1. The van der Waals surface area contributed by atoms with E-state index in [9.17, 15) is 14.7 Å². The molecule has 0 bridgehead atoms. The van der Waals surface area contributed by atoms with Gasteiger partial charge in [0.1, 0.15) is 5.69 Å². The van der Waals surface area contributed by atoms with Crippen molar-refractivity contribution in [3.05, 3.63) is 60.2 Å². The number of carbonyl (C=O) groups is 2. The minimum atomic E-state index is -0.584. The fourth-order valence-electron chi connectivity index (χ4n) is 2.62. The molecule has 0 aliphatic carbocycles. The number of nitrogens with zero attached hydrogens (tertiary/aromatic N) is 3. The minimum absolute atomic E-state index is 0.0313. The molecule has 2 amide bonds. The van der Waals surface area contributed by atoms with E-state index in [1.54, 1.807) is 18.2 Å². The van der Waals surface area contributed by atoms with E-state index in [1.807, 2.05) is 6.92 Å². The summed E-state index contributed by atoms with van der Waals surface area (Å²) in [4.78, 5) is 33.6. The first-order chi connectivity index (χ1) is 11.4. The SMILES string of the molecule is C=C(C)c1ccc2c(c1)/C(=C(/O)c1cnccn1)C(=O)N2C(C)=O. The summed E-state index contributed by atoms with van der Waals surface area (Å²) in [5.74, 6) is -1.32. The molecular weight excluding hydrogens is 306 g/mol. The standard InChI is InChI=1S/C18H15N3O3/c1-10(2)12-4-5-15-13(8-12)16(18(24)21(15)11(3)22)17(23)14-9-19-6-7-20-14/h4-9,23H,1H2,2-3H3/b17-16-. The Morgan fingerprint density at radius 2 is 2.00 bits per heavy atom. The van der Waals surface area contributed by atoms with E-state index in [-0.39, 0.29) is 17.0 Å². The molecule has 1 N–H and O–H groups in total. The average Bonchev–Trinajstić information content (AvgIpc) is 2.86. The van der Waals surface area contributed by atoms with Crippen molar-refractivity contribution in [3.63, 3.8) is 0 Å². The molecule has 6 heteroatoms. The number of allylic oxidation sites excluding steroid dienone is 1. The van der Waals surface area contributed by atoms with Crippen LogP contribution in [0.1, 0.15) is 30.7 Å². The smallest absolute Gasteiger partial charge is 0.269 e. The van der Waals surface area contributed by atoms with Crippen molar-refractivity contribution in [3.8, 4) is 0 Å². The number of benzene rings is 1. The monoisotopic (exact) mass is 321 g/mol. The number of hydrogen-bond acceptors (Lipinski definition) is 5. The quantitative estimate of drug-likeness (QED) is 0.679. The molecule has 120 valence electrons. The van der Waals surface area contributed by atoms with E-state index in [1.165, 1.54) is 25.5 Å². The lowest BCUT2D eigenvalue weighted by molar-refractivity contribution is -0.122. The van der Waals surface area contributed by atoms with Gasteiger partial charge in [-0.05, 0) is 24.6 Å². The summed E-state index contributed by atoms with van der Waals surface area (Å²) in [5.41, 5.74) is 2.73. The number of imide groups is 1. The van der Waals surface area contributed by atoms with E-state index in [4.69, 9.17) is 0 Å². The number of aromatic nitrogens is 2. The predicted octanol–water partition coefficient (Wildman–Crippen LogP) is 2.83. The Hall–Kier alpha value is -3.28. The van der Waals surface area contributed by atoms with Crippen molar-refractivity contribution in [2.75, 3.05) is 4.90 Å². The highest BCUT2D eigenvalue weighted by molar-refractivity contribution is 6.42. The Morgan fingerprint density at radius 1 is 1.25 bits per heavy atom. The van der Waals surface area contributed by atoms with Gasteiger partial charge in [0.15, 0.2) is 5.76 Å². The van der Waals surface area contributed by atoms with Crippen LogP contribution in [0.5, 0.6) is 0 Å². The molecule has 0 atom stereocenters. The van der Waals surface area contributed by atoms with Gasteiger partial charge in [-0.15, -0.1) is 0 Å². The summed E-state index contributed by atoms with van der Waals surface area (Å²) in [6, 6.07) is 5.20. The summed E-state index contributed by atoms with van der Waals surface area (Å²) in [7, 11) is 0. The van der Waals surface area contributed by atoms with Crippen LogP contribution in [0.25, 0.3) is 16.9 Å². The largest absolute Gasteiger partial charge is 0.505 e. The van der Waals surface area contributed by atoms with E-state index >= 15 is 0 Å². The molecular formula is C18H15N3O3. The molecule has 2 aromatic rings. The fourth-order valence-corrected chi connectivity index (χ4v) is 2.62. The maximum Gasteiger partial charge on any atom is 0.269 e. The second kappa shape index (κ2) is 5.73. The molecule has 24 heavy (non-hydrogen) atoms. The van der Waals surface area contributed by atoms with Crippen LogP contribution in [0.15, 0.2) is 43.4 Å². The molecule has 3 rings (SSSR count). The summed E-state index contributed by atoms with van der Waals surface area (Å²) in [6.45, 7) is 7.03. The third-order valence-electron chi connectivity index (χ3n) is 3.77. The van der Waals surface area contributed by atoms with Crippen molar-refractivity contribution in [2.45, 2.75) is 13.8 Å². The third-order valence-corrected chi connectivity index (χ3v) is 3.77. The Bertz CT molecular complexity index is 901. The molecule has 0 fully saturated rings. The molecule has 0 radical (unpaired) electrons. The van der Waals surface area contributed by atoms with Gasteiger partial charge in [-0.2, -0.15) is 0 Å². The Kier molecular flexibility index (Phi) is 3.73. The summed E-state index contributed by atoms with van der Waals surface area (Å²) < 4.78 is 0. The van der Waals surface area contributed by atoms with Crippen molar-refractivity contribution < 1.29 is 14.7 Å². The fraction of sp³-hybridized carbons (Fsp3) is 0.111. The molecule has 0 saturated carbocycles. The number of hydrogen-bond donors (Lipinski definition) is 1. The van der Waals surface area contributed by atoms with Crippen LogP contribution < -0.4 is 4.90 Å². The molecule has 0 saturated heterocycles. The Morgan fingerprint density at radius 3 is 2.58 bits per heavy atom. The van der Waals surface area contributed by atoms with Gasteiger partial charge >= 0.3 is 0 Å². The molecule has 1 aromatic heterocycles. The van der Waals surface area contributed by atoms with Crippen LogP contribution >= 0.6 is 0 Å². The molecule has 1 aromatic carbocycles. The summed E-state index contributed by atoms with van der Waals surface area (Å²) in [6.07, 6.45) is 4.24.